The van der Waals surface area contributed by atoms with Crippen LogP contribution in [0.1, 0.15) is 39.5 Å². The molecule has 0 aliphatic heterocycles. The van der Waals surface area contributed by atoms with Crippen LogP contribution in [0.3, 0.4) is 0 Å². The molecule has 3 unspecified atom stereocenters. The average molecular weight is 229 g/mol. The Bertz CT molecular complexity index is 220. The first-order chi connectivity index (χ1) is 7.67. The summed E-state index contributed by atoms with van der Waals surface area (Å²) in [4.78, 5) is 11.3. The predicted octanol–water partition coefficient (Wildman–Crippen LogP) is 1.08. The van der Waals surface area contributed by atoms with Crippen molar-refractivity contribution in [1.29, 1.82) is 0 Å². The smallest absolute Gasteiger partial charge is 0.307 e. The molecule has 0 aromatic rings. The summed E-state index contributed by atoms with van der Waals surface area (Å²) in [5.41, 5.74) is 0. The molecule has 0 radical (unpaired) electrons. The molecular formula is C12H23NO3. The number of nitrogens with one attached hydrogen (secondary N) is 1. The van der Waals surface area contributed by atoms with Crippen molar-refractivity contribution in [3.05, 3.63) is 0 Å². The fourth-order valence-electron chi connectivity index (χ4n) is 2.37. The van der Waals surface area contributed by atoms with E-state index in [2.05, 4.69) is 5.32 Å². The minimum Gasteiger partial charge on any atom is -0.466 e. The van der Waals surface area contributed by atoms with Crippen LogP contribution in [0.2, 0.25) is 0 Å². The topological polar surface area (TPSA) is 58.6 Å². The molecule has 0 spiro atoms. The molecule has 4 heteroatoms. The van der Waals surface area contributed by atoms with Crippen LogP contribution < -0.4 is 5.32 Å². The molecule has 16 heavy (non-hydrogen) atoms. The van der Waals surface area contributed by atoms with Crippen molar-refractivity contribution in [2.24, 2.45) is 5.92 Å². The summed E-state index contributed by atoms with van der Waals surface area (Å²) >= 11 is 0. The number of esters is 1. The van der Waals surface area contributed by atoms with Crippen molar-refractivity contribution in [1.82, 2.24) is 5.32 Å². The number of rotatable bonds is 6. The third kappa shape index (κ3) is 4.10. The lowest BCUT2D eigenvalue weighted by molar-refractivity contribution is -0.143. The van der Waals surface area contributed by atoms with E-state index in [1.54, 1.807) is 0 Å². The lowest BCUT2D eigenvalue weighted by Gasteiger charge is -2.23. The van der Waals surface area contributed by atoms with Gasteiger partial charge < -0.3 is 15.2 Å². The first kappa shape index (κ1) is 13.5. The van der Waals surface area contributed by atoms with Gasteiger partial charge in [0.25, 0.3) is 0 Å². The third-order valence-electron chi connectivity index (χ3n) is 3.17. The Morgan fingerprint density at radius 3 is 2.94 bits per heavy atom. The van der Waals surface area contributed by atoms with Crippen molar-refractivity contribution in [2.45, 2.75) is 51.6 Å². The van der Waals surface area contributed by atoms with E-state index >= 15 is 0 Å². The van der Waals surface area contributed by atoms with Crippen LogP contribution >= 0.6 is 0 Å². The molecular weight excluding hydrogens is 206 g/mol. The number of aliphatic hydroxyl groups is 1. The summed E-state index contributed by atoms with van der Waals surface area (Å²) in [5, 5.41) is 12.6. The van der Waals surface area contributed by atoms with Gasteiger partial charge in [-0.1, -0.05) is 6.42 Å². The number of hydrogen-bond acceptors (Lipinski definition) is 4. The zero-order valence-electron chi connectivity index (χ0n) is 10.2. The molecule has 1 aliphatic carbocycles. The van der Waals surface area contributed by atoms with E-state index < -0.39 is 0 Å². The van der Waals surface area contributed by atoms with Gasteiger partial charge in [0, 0.05) is 18.7 Å². The van der Waals surface area contributed by atoms with Gasteiger partial charge in [0.15, 0.2) is 0 Å². The van der Waals surface area contributed by atoms with Crippen molar-refractivity contribution in [2.75, 3.05) is 13.2 Å². The number of carbonyl (C=O) groups is 1. The SMILES string of the molecule is CCOC(=O)CC(C)NC1CCCC1CO. The van der Waals surface area contributed by atoms with Gasteiger partial charge in [-0.15, -0.1) is 0 Å². The average Bonchev–Trinajstić information content (AvgIpc) is 2.65. The van der Waals surface area contributed by atoms with E-state index in [0.29, 0.717) is 25.0 Å². The molecule has 0 heterocycles. The minimum atomic E-state index is -0.152. The minimum absolute atomic E-state index is 0.121. The van der Waals surface area contributed by atoms with Crippen LogP contribution in [0.25, 0.3) is 0 Å². The molecule has 0 saturated heterocycles. The predicted molar refractivity (Wildman–Crippen MR) is 62.1 cm³/mol. The second kappa shape index (κ2) is 6.86. The van der Waals surface area contributed by atoms with Gasteiger partial charge in [0.05, 0.1) is 13.0 Å². The molecule has 0 bridgehead atoms. The second-order valence-corrected chi connectivity index (χ2v) is 4.56. The molecule has 1 rings (SSSR count). The van der Waals surface area contributed by atoms with E-state index in [1.807, 2.05) is 13.8 Å². The molecule has 1 aliphatic rings. The van der Waals surface area contributed by atoms with E-state index in [-0.39, 0.29) is 18.6 Å². The van der Waals surface area contributed by atoms with Crippen molar-refractivity contribution < 1.29 is 14.6 Å². The molecule has 1 fully saturated rings. The number of aliphatic hydroxyl groups excluding tert-OH is 1. The van der Waals surface area contributed by atoms with Gasteiger partial charge >= 0.3 is 5.97 Å². The van der Waals surface area contributed by atoms with Gasteiger partial charge in [0.1, 0.15) is 0 Å². The summed E-state index contributed by atoms with van der Waals surface area (Å²) in [7, 11) is 0. The zero-order valence-corrected chi connectivity index (χ0v) is 10.2. The molecule has 4 nitrogen and oxygen atoms in total. The van der Waals surface area contributed by atoms with Gasteiger partial charge in [0.2, 0.25) is 0 Å². The highest BCUT2D eigenvalue weighted by Crippen LogP contribution is 2.25. The van der Waals surface area contributed by atoms with Gasteiger partial charge in [-0.05, 0) is 32.6 Å². The molecule has 1 saturated carbocycles. The highest BCUT2D eigenvalue weighted by atomic mass is 16.5. The number of hydrogen-bond donors (Lipinski definition) is 2. The highest BCUT2D eigenvalue weighted by Gasteiger charge is 2.27. The third-order valence-corrected chi connectivity index (χ3v) is 3.17. The van der Waals surface area contributed by atoms with Gasteiger partial charge in [-0.25, -0.2) is 0 Å². The zero-order chi connectivity index (χ0) is 12.0. The lowest BCUT2D eigenvalue weighted by atomic mass is 10.0. The summed E-state index contributed by atoms with van der Waals surface area (Å²) < 4.78 is 4.90. The fraction of sp³-hybridized carbons (Fsp3) is 0.917. The maximum absolute atomic E-state index is 11.3. The van der Waals surface area contributed by atoms with Crippen LogP contribution in [-0.4, -0.2) is 36.4 Å². The Morgan fingerprint density at radius 1 is 1.56 bits per heavy atom. The Kier molecular flexibility index (Phi) is 5.77. The quantitative estimate of drug-likeness (QED) is 0.669. The van der Waals surface area contributed by atoms with E-state index in [4.69, 9.17) is 4.74 Å². The van der Waals surface area contributed by atoms with Crippen LogP contribution in [0.5, 0.6) is 0 Å². The lowest BCUT2D eigenvalue weighted by Crippen LogP contribution is -2.41. The number of carbonyl (C=O) groups excluding carboxylic acids is 1. The van der Waals surface area contributed by atoms with E-state index in [0.717, 1.165) is 19.3 Å². The van der Waals surface area contributed by atoms with Gasteiger partial charge in [-0.3, -0.25) is 4.79 Å². The van der Waals surface area contributed by atoms with E-state index in [9.17, 15) is 9.90 Å². The fourth-order valence-corrected chi connectivity index (χ4v) is 2.37. The van der Waals surface area contributed by atoms with Crippen LogP contribution in [0.4, 0.5) is 0 Å². The van der Waals surface area contributed by atoms with Crippen LogP contribution in [-0.2, 0) is 9.53 Å². The molecule has 0 aromatic heterocycles. The second-order valence-electron chi connectivity index (χ2n) is 4.56. The normalized spacial score (nSPS) is 26.7. The summed E-state index contributed by atoms with van der Waals surface area (Å²) in [5.74, 6) is 0.200. The molecule has 2 N–H and O–H groups in total. The Morgan fingerprint density at radius 2 is 2.31 bits per heavy atom. The Balaban J connectivity index is 2.27. The van der Waals surface area contributed by atoms with Crippen molar-refractivity contribution in [3.8, 4) is 0 Å². The standard InChI is InChI=1S/C12H23NO3/c1-3-16-12(15)7-9(2)13-11-6-4-5-10(11)8-14/h9-11,13-14H,3-8H2,1-2H3. The first-order valence-corrected chi connectivity index (χ1v) is 6.19. The van der Waals surface area contributed by atoms with Crippen LogP contribution in [0.15, 0.2) is 0 Å². The van der Waals surface area contributed by atoms with Gasteiger partial charge in [-0.2, -0.15) is 0 Å². The molecule has 3 atom stereocenters. The molecule has 0 amide bonds. The maximum atomic E-state index is 11.3. The van der Waals surface area contributed by atoms with E-state index in [1.165, 1.54) is 0 Å². The highest BCUT2D eigenvalue weighted by molar-refractivity contribution is 5.70. The molecule has 0 aromatic carbocycles. The van der Waals surface area contributed by atoms with Crippen molar-refractivity contribution in [3.63, 3.8) is 0 Å². The van der Waals surface area contributed by atoms with Crippen LogP contribution in [0, 0.1) is 5.92 Å². The monoisotopic (exact) mass is 229 g/mol. The maximum Gasteiger partial charge on any atom is 0.307 e. The summed E-state index contributed by atoms with van der Waals surface area (Å²) in [6.07, 6.45) is 3.75. The largest absolute Gasteiger partial charge is 0.466 e. The number of ether oxygens (including phenoxy) is 1. The summed E-state index contributed by atoms with van der Waals surface area (Å²) in [6, 6.07) is 0.477. The molecule has 94 valence electrons. The first-order valence-electron chi connectivity index (χ1n) is 6.19. The Labute approximate surface area is 97.4 Å². The van der Waals surface area contributed by atoms with Crippen molar-refractivity contribution >= 4 is 5.97 Å². The Hall–Kier alpha value is -0.610. The summed E-state index contributed by atoms with van der Waals surface area (Å²) in [6.45, 7) is 4.48.